The molecule has 1 aromatic rings. The molecule has 2 aliphatic rings. The largest absolute Gasteiger partial charge is 0.459 e. The second-order valence-corrected chi connectivity index (χ2v) is 6.34. The average molecular weight is 346 g/mol. The average Bonchev–Trinajstić information content (AvgIpc) is 2.86. The van der Waals surface area contributed by atoms with Crippen LogP contribution < -0.4 is 0 Å². The molecule has 0 aromatic heterocycles. The molecular formula is C17H18N2O6. The zero-order valence-corrected chi connectivity index (χ0v) is 13.6. The number of carbonyl (C=O) groups is 3. The summed E-state index contributed by atoms with van der Waals surface area (Å²) in [6.45, 7) is -0.447. The van der Waals surface area contributed by atoms with Crippen molar-refractivity contribution in [1.29, 1.82) is 0 Å². The molecule has 0 N–H and O–H groups in total. The van der Waals surface area contributed by atoms with Crippen molar-refractivity contribution < 1.29 is 24.0 Å². The van der Waals surface area contributed by atoms with Gasteiger partial charge in [0.1, 0.15) is 13.2 Å². The number of rotatable bonds is 5. The molecule has 1 saturated carbocycles. The second kappa shape index (κ2) is 7.00. The molecule has 25 heavy (non-hydrogen) atoms. The molecule has 0 spiro atoms. The molecule has 1 heterocycles. The lowest BCUT2D eigenvalue weighted by Crippen LogP contribution is -2.36. The fourth-order valence-electron chi connectivity index (χ4n) is 3.44. The molecule has 1 saturated heterocycles. The summed E-state index contributed by atoms with van der Waals surface area (Å²) in [5.41, 5.74) is 0.539. The number of amides is 2. The Balaban J connectivity index is 1.54. The number of carbonyl (C=O) groups excluding carboxylic acids is 3. The van der Waals surface area contributed by atoms with E-state index in [0.29, 0.717) is 18.4 Å². The first-order valence-electron chi connectivity index (χ1n) is 8.21. The highest BCUT2D eigenvalue weighted by atomic mass is 16.6. The van der Waals surface area contributed by atoms with Gasteiger partial charge in [0, 0.05) is 12.1 Å². The standard InChI is InChI=1S/C17H18N2O6/c20-15(25-10-11-5-7-12(8-6-11)19(23)24)9-18-16(21)13-3-1-2-4-14(13)17(18)22/h5-8,13-14H,1-4,9-10H2/t13-,14-/m1/s1. The fourth-order valence-corrected chi connectivity index (χ4v) is 3.44. The van der Waals surface area contributed by atoms with Crippen LogP contribution in [0, 0.1) is 22.0 Å². The molecule has 0 unspecified atom stereocenters. The molecule has 3 rings (SSSR count). The van der Waals surface area contributed by atoms with Crippen LogP contribution in [0.5, 0.6) is 0 Å². The third-order valence-electron chi connectivity index (χ3n) is 4.77. The maximum absolute atomic E-state index is 12.3. The van der Waals surface area contributed by atoms with Crippen molar-refractivity contribution in [2.75, 3.05) is 6.54 Å². The van der Waals surface area contributed by atoms with Crippen LogP contribution >= 0.6 is 0 Å². The third kappa shape index (κ3) is 3.52. The van der Waals surface area contributed by atoms with Gasteiger partial charge in [-0.25, -0.2) is 0 Å². The first-order valence-corrected chi connectivity index (χ1v) is 8.21. The number of hydrogen-bond donors (Lipinski definition) is 0. The summed E-state index contributed by atoms with van der Waals surface area (Å²) in [5, 5.41) is 10.6. The van der Waals surface area contributed by atoms with Crippen molar-refractivity contribution in [3.05, 3.63) is 39.9 Å². The topological polar surface area (TPSA) is 107 Å². The Bertz CT molecular complexity index is 690. The van der Waals surface area contributed by atoms with Gasteiger partial charge in [-0.3, -0.25) is 29.4 Å². The Morgan fingerprint density at radius 1 is 1.12 bits per heavy atom. The van der Waals surface area contributed by atoms with E-state index in [2.05, 4.69) is 0 Å². The number of non-ortho nitro benzene ring substituents is 1. The van der Waals surface area contributed by atoms with Crippen LogP contribution in [-0.4, -0.2) is 34.2 Å². The van der Waals surface area contributed by atoms with Crippen LogP contribution in [0.3, 0.4) is 0 Å². The van der Waals surface area contributed by atoms with Gasteiger partial charge in [0.15, 0.2) is 0 Å². The van der Waals surface area contributed by atoms with Gasteiger partial charge >= 0.3 is 5.97 Å². The summed E-state index contributed by atoms with van der Waals surface area (Å²) in [6, 6.07) is 5.63. The molecule has 0 radical (unpaired) electrons. The summed E-state index contributed by atoms with van der Waals surface area (Å²) in [7, 11) is 0. The fraction of sp³-hybridized carbons (Fsp3) is 0.471. The van der Waals surface area contributed by atoms with E-state index in [1.807, 2.05) is 0 Å². The van der Waals surface area contributed by atoms with Crippen LogP contribution in [0.4, 0.5) is 5.69 Å². The van der Waals surface area contributed by atoms with E-state index in [1.165, 1.54) is 24.3 Å². The predicted molar refractivity (Wildman–Crippen MR) is 85.1 cm³/mol. The molecule has 1 aliphatic carbocycles. The lowest BCUT2D eigenvalue weighted by atomic mass is 9.81. The summed E-state index contributed by atoms with van der Waals surface area (Å²) in [6.07, 6.45) is 3.25. The van der Waals surface area contributed by atoms with Gasteiger partial charge in [-0.1, -0.05) is 12.8 Å². The Labute approximate surface area is 143 Å². The maximum atomic E-state index is 12.3. The number of nitrogens with zero attached hydrogens (tertiary/aromatic N) is 2. The number of nitro benzene ring substituents is 1. The first kappa shape index (κ1) is 17.1. The minimum atomic E-state index is -0.668. The van der Waals surface area contributed by atoms with Gasteiger partial charge in [0.2, 0.25) is 11.8 Å². The summed E-state index contributed by atoms with van der Waals surface area (Å²) < 4.78 is 5.09. The number of nitro groups is 1. The first-order chi connectivity index (χ1) is 12.0. The number of benzene rings is 1. The molecule has 1 aliphatic heterocycles. The number of hydrogen-bond acceptors (Lipinski definition) is 6. The number of ether oxygens (including phenoxy) is 1. The zero-order valence-electron chi connectivity index (χ0n) is 13.6. The maximum Gasteiger partial charge on any atom is 0.326 e. The normalized spacial score (nSPS) is 22.6. The van der Waals surface area contributed by atoms with Crippen LogP contribution in [0.1, 0.15) is 31.2 Å². The van der Waals surface area contributed by atoms with Crippen molar-refractivity contribution in [3.63, 3.8) is 0 Å². The Hall–Kier alpha value is -2.77. The molecule has 1 aromatic carbocycles. The van der Waals surface area contributed by atoms with E-state index in [0.717, 1.165) is 17.7 Å². The van der Waals surface area contributed by atoms with Crippen molar-refractivity contribution in [2.45, 2.75) is 32.3 Å². The number of likely N-dealkylation sites (tertiary alicyclic amines) is 1. The molecule has 2 atom stereocenters. The SMILES string of the molecule is O=C(CN1C(=O)[C@@H]2CCCC[C@H]2C1=O)OCc1ccc([N+](=O)[O-])cc1. The monoisotopic (exact) mass is 346 g/mol. The van der Waals surface area contributed by atoms with E-state index in [1.54, 1.807) is 0 Å². The van der Waals surface area contributed by atoms with Gasteiger partial charge in [0.25, 0.3) is 5.69 Å². The molecule has 2 fully saturated rings. The minimum Gasteiger partial charge on any atom is -0.459 e. The Morgan fingerprint density at radius 3 is 2.20 bits per heavy atom. The number of imide groups is 1. The molecule has 0 bridgehead atoms. The number of esters is 1. The second-order valence-electron chi connectivity index (χ2n) is 6.34. The lowest BCUT2D eigenvalue weighted by molar-refractivity contribution is -0.384. The number of fused-ring (bicyclic) bond motifs is 1. The van der Waals surface area contributed by atoms with Crippen LogP contribution in [-0.2, 0) is 25.7 Å². The van der Waals surface area contributed by atoms with Gasteiger partial charge in [-0.2, -0.15) is 0 Å². The summed E-state index contributed by atoms with van der Waals surface area (Å²) >= 11 is 0. The van der Waals surface area contributed by atoms with E-state index in [9.17, 15) is 24.5 Å². The third-order valence-corrected chi connectivity index (χ3v) is 4.77. The van der Waals surface area contributed by atoms with Crippen LogP contribution in [0.15, 0.2) is 24.3 Å². The van der Waals surface area contributed by atoms with E-state index < -0.39 is 10.9 Å². The quantitative estimate of drug-likeness (QED) is 0.348. The molecular weight excluding hydrogens is 328 g/mol. The van der Waals surface area contributed by atoms with E-state index in [4.69, 9.17) is 4.74 Å². The Morgan fingerprint density at radius 2 is 1.68 bits per heavy atom. The highest BCUT2D eigenvalue weighted by Crippen LogP contribution is 2.37. The Kier molecular flexibility index (Phi) is 4.78. The highest BCUT2D eigenvalue weighted by molar-refractivity contribution is 6.07. The van der Waals surface area contributed by atoms with Crippen LogP contribution in [0.25, 0.3) is 0 Å². The minimum absolute atomic E-state index is 0.0501. The molecule has 2 amide bonds. The van der Waals surface area contributed by atoms with Gasteiger partial charge in [0.05, 0.1) is 16.8 Å². The van der Waals surface area contributed by atoms with Crippen molar-refractivity contribution in [3.8, 4) is 0 Å². The van der Waals surface area contributed by atoms with E-state index in [-0.39, 0.29) is 42.5 Å². The predicted octanol–water partition coefficient (Wildman–Crippen LogP) is 1.81. The van der Waals surface area contributed by atoms with Gasteiger partial charge in [-0.15, -0.1) is 0 Å². The molecule has 132 valence electrons. The summed E-state index contributed by atoms with van der Waals surface area (Å²) in [5.74, 6) is -1.80. The molecule has 8 nitrogen and oxygen atoms in total. The van der Waals surface area contributed by atoms with Gasteiger partial charge < -0.3 is 4.74 Å². The van der Waals surface area contributed by atoms with E-state index >= 15 is 0 Å². The highest BCUT2D eigenvalue weighted by Gasteiger charge is 2.48. The smallest absolute Gasteiger partial charge is 0.326 e. The zero-order chi connectivity index (χ0) is 18.0. The van der Waals surface area contributed by atoms with Crippen LogP contribution in [0.2, 0.25) is 0 Å². The van der Waals surface area contributed by atoms with Gasteiger partial charge in [-0.05, 0) is 30.5 Å². The lowest BCUT2D eigenvalue weighted by Gasteiger charge is -2.19. The van der Waals surface area contributed by atoms with Crippen molar-refractivity contribution >= 4 is 23.5 Å². The van der Waals surface area contributed by atoms with Crippen molar-refractivity contribution in [1.82, 2.24) is 4.90 Å². The van der Waals surface area contributed by atoms with Crippen molar-refractivity contribution in [2.24, 2.45) is 11.8 Å². The molecule has 8 heteroatoms. The summed E-state index contributed by atoms with van der Waals surface area (Å²) in [4.78, 5) is 47.6.